The molecule has 21 heavy (non-hydrogen) atoms. The summed E-state index contributed by atoms with van der Waals surface area (Å²) in [6, 6.07) is 1.97. The predicted molar refractivity (Wildman–Crippen MR) is 85.6 cm³/mol. The summed E-state index contributed by atoms with van der Waals surface area (Å²) in [7, 11) is 3.85. The van der Waals surface area contributed by atoms with Crippen molar-refractivity contribution in [2.45, 2.75) is 26.4 Å². The third-order valence-electron chi connectivity index (χ3n) is 3.70. The highest BCUT2D eigenvalue weighted by Gasteiger charge is 2.17. The standard InChI is InChI=1S/C15H27N5O/c1-4-16-13-8-14(19-15(18-13)11-21-3)17-9-12-6-5-7-20(2)10-12/h8,12H,4-7,9-11H2,1-3H3,(H2,16,17,18,19). The molecule has 1 unspecified atom stereocenters. The van der Waals surface area contributed by atoms with E-state index in [9.17, 15) is 0 Å². The molecule has 1 aromatic heterocycles. The number of nitrogens with zero attached hydrogens (tertiary/aromatic N) is 3. The van der Waals surface area contributed by atoms with Crippen LogP contribution in [0.2, 0.25) is 0 Å². The van der Waals surface area contributed by atoms with Gasteiger partial charge < -0.3 is 20.3 Å². The lowest BCUT2D eigenvalue weighted by Crippen LogP contribution is -2.35. The van der Waals surface area contributed by atoms with Gasteiger partial charge in [0.1, 0.15) is 18.2 Å². The van der Waals surface area contributed by atoms with Crippen LogP contribution < -0.4 is 10.6 Å². The SMILES string of the molecule is CCNc1cc(NCC2CCCN(C)C2)nc(COC)n1. The van der Waals surface area contributed by atoms with Crippen LogP contribution in [0.1, 0.15) is 25.6 Å². The lowest BCUT2D eigenvalue weighted by atomic mass is 9.98. The number of rotatable bonds is 7. The lowest BCUT2D eigenvalue weighted by Gasteiger charge is -2.29. The van der Waals surface area contributed by atoms with Crippen molar-refractivity contribution in [2.75, 3.05) is 51.0 Å². The second-order valence-corrected chi connectivity index (χ2v) is 5.67. The van der Waals surface area contributed by atoms with Crippen molar-refractivity contribution >= 4 is 11.6 Å². The van der Waals surface area contributed by atoms with Gasteiger partial charge in [0.05, 0.1) is 0 Å². The van der Waals surface area contributed by atoms with Gasteiger partial charge in [-0.2, -0.15) is 0 Å². The third kappa shape index (κ3) is 5.13. The fourth-order valence-corrected chi connectivity index (χ4v) is 2.74. The van der Waals surface area contributed by atoms with Gasteiger partial charge in [-0.25, -0.2) is 9.97 Å². The zero-order chi connectivity index (χ0) is 15.1. The van der Waals surface area contributed by atoms with Crippen LogP contribution in [-0.4, -0.2) is 55.2 Å². The van der Waals surface area contributed by atoms with E-state index in [1.54, 1.807) is 7.11 Å². The molecule has 1 atom stereocenters. The molecule has 2 heterocycles. The van der Waals surface area contributed by atoms with Gasteiger partial charge in [0.25, 0.3) is 0 Å². The molecule has 0 aromatic carbocycles. The van der Waals surface area contributed by atoms with Gasteiger partial charge in [0.2, 0.25) is 0 Å². The number of hydrogen-bond donors (Lipinski definition) is 2. The van der Waals surface area contributed by atoms with Crippen LogP contribution in [0.4, 0.5) is 11.6 Å². The van der Waals surface area contributed by atoms with Crippen molar-refractivity contribution in [2.24, 2.45) is 5.92 Å². The number of methoxy groups -OCH3 is 1. The average molecular weight is 293 g/mol. The van der Waals surface area contributed by atoms with Crippen molar-refractivity contribution in [1.29, 1.82) is 0 Å². The summed E-state index contributed by atoms with van der Waals surface area (Å²) in [4.78, 5) is 11.3. The molecule has 1 fully saturated rings. The van der Waals surface area contributed by atoms with E-state index >= 15 is 0 Å². The van der Waals surface area contributed by atoms with Gasteiger partial charge in [-0.15, -0.1) is 0 Å². The van der Waals surface area contributed by atoms with E-state index in [0.717, 1.165) is 31.3 Å². The van der Waals surface area contributed by atoms with E-state index in [1.165, 1.54) is 19.4 Å². The molecule has 0 amide bonds. The smallest absolute Gasteiger partial charge is 0.158 e. The number of piperidine rings is 1. The fraction of sp³-hybridized carbons (Fsp3) is 0.733. The molecular formula is C15H27N5O. The monoisotopic (exact) mass is 293 g/mol. The Labute approximate surface area is 127 Å². The van der Waals surface area contributed by atoms with Crippen LogP contribution in [0.25, 0.3) is 0 Å². The summed E-state index contributed by atoms with van der Waals surface area (Å²) in [5.41, 5.74) is 0. The van der Waals surface area contributed by atoms with Crippen LogP contribution in [0, 0.1) is 5.92 Å². The summed E-state index contributed by atoms with van der Waals surface area (Å²) >= 11 is 0. The molecule has 6 heteroatoms. The highest BCUT2D eigenvalue weighted by molar-refractivity contribution is 5.47. The summed E-state index contributed by atoms with van der Waals surface area (Å²) in [5.74, 6) is 3.12. The molecule has 0 radical (unpaired) electrons. The second kappa shape index (κ2) is 8.14. The minimum atomic E-state index is 0.431. The van der Waals surface area contributed by atoms with E-state index < -0.39 is 0 Å². The van der Waals surface area contributed by atoms with Crippen LogP contribution in [0.5, 0.6) is 0 Å². The van der Waals surface area contributed by atoms with Gasteiger partial charge in [0.15, 0.2) is 5.82 Å². The maximum Gasteiger partial charge on any atom is 0.158 e. The average Bonchev–Trinajstić information content (AvgIpc) is 2.46. The summed E-state index contributed by atoms with van der Waals surface area (Å²) in [5, 5.41) is 6.70. The number of nitrogens with one attached hydrogen (secondary N) is 2. The van der Waals surface area contributed by atoms with Gasteiger partial charge in [0, 0.05) is 32.8 Å². The van der Waals surface area contributed by atoms with Crippen molar-refractivity contribution in [3.63, 3.8) is 0 Å². The molecule has 0 saturated carbocycles. The Bertz CT molecular complexity index is 416. The molecule has 2 N–H and O–H groups in total. The topological polar surface area (TPSA) is 62.3 Å². The zero-order valence-electron chi connectivity index (χ0n) is 13.4. The molecule has 0 aliphatic carbocycles. The quantitative estimate of drug-likeness (QED) is 0.799. The Kier molecular flexibility index (Phi) is 6.20. The van der Waals surface area contributed by atoms with Gasteiger partial charge in [-0.1, -0.05) is 0 Å². The molecule has 2 rings (SSSR count). The normalized spacial score (nSPS) is 19.5. The first kappa shape index (κ1) is 16.0. The first-order chi connectivity index (χ1) is 10.2. The fourth-order valence-electron chi connectivity index (χ4n) is 2.74. The van der Waals surface area contributed by atoms with Crippen molar-refractivity contribution < 1.29 is 4.74 Å². The van der Waals surface area contributed by atoms with Crippen LogP contribution in [0.15, 0.2) is 6.07 Å². The van der Waals surface area contributed by atoms with Crippen molar-refractivity contribution in [3.8, 4) is 0 Å². The molecule has 1 aliphatic rings. The molecule has 1 aliphatic heterocycles. The summed E-state index contributed by atoms with van der Waals surface area (Å²) < 4.78 is 5.14. The highest BCUT2D eigenvalue weighted by atomic mass is 16.5. The molecule has 0 spiro atoms. The molecule has 6 nitrogen and oxygen atoms in total. The van der Waals surface area contributed by atoms with Gasteiger partial charge >= 0.3 is 0 Å². The minimum absolute atomic E-state index is 0.431. The zero-order valence-corrected chi connectivity index (χ0v) is 13.4. The number of likely N-dealkylation sites (tertiary alicyclic amines) is 1. The minimum Gasteiger partial charge on any atom is -0.377 e. The maximum atomic E-state index is 5.14. The third-order valence-corrected chi connectivity index (χ3v) is 3.70. The van der Waals surface area contributed by atoms with Crippen molar-refractivity contribution in [3.05, 3.63) is 11.9 Å². The molecule has 1 saturated heterocycles. The number of anilines is 2. The Morgan fingerprint density at radius 2 is 2.10 bits per heavy atom. The molecular weight excluding hydrogens is 266 g/mol. The highest BCUT2D eigenvalue weighted by Crippen LogP contribution is 2.17. The van der Waals surface area contributed by atoms with Crippen LogP contribution >= 0.6 is 0 Å². The molecule has 1 aromatic rings. The van der Waals surface area contributed by atoms with Crippen molar-refractivity contribution in [1.82, 2.24) is 14.9 Å². The van der Waals surface area contributed by atoms with Gasteiger partial charge in [-0.3, -0.25) is 0 Å². The van der Waals surface area contributed by atoms with Crippen LogP contribution in [0.3, 0.4) is 0 Å². The number of aromatic nitrogens is 2. The van der Waals surface area contributed by atoms with E-state index in [0.29, 0.717) is 18.3 Å². The van der Waals surface area contributed by atoms with Crippen LogP contribution in [-0.2, 0) is 11.3 Å². The maximum absolute atomic E-state index is 5.14. The Balaban J connectivity index is 1.97. The molecule has 0 bridgehead atoms. The summed E-state index contributed by atoms with van der Waals surface area (Å²) in [6.07, 6.45) is 2.57. The predicted octanol–water partition coefficient (Wildman–Crippen LogP) is 1.81. The van der Waals surface area contributed by atoms with E-state index in [4.69, 9.17) is 4.74 Å². The Morgan fingerprint density at radius 1 is 1.33 bits per heavy atom. The first-order valence-corrected chi connectivity index (χ1v) is 7.74. The summed E-state index contributed by atoms with van der Waals surface area (Å²) in [6.45, 7) is 6.66. The largest absolute Gasteiger partial charge is 0.377 e. The number of ether oxygens (including phenoxy) is 1. The first-order valence-electron chi connectivity index (χ1n) is 7.74. The molecule has 118 valence electrons. The van der Waals surface area contributed by atoms with E-state index in [2.05, 4.69) is 39.5 Å². The van der Waals surface area contributed by atoms with E-state index in [1.807, 2.05) is 6.07 Å². The van der Waals surface area contributed by atoms with E-state index in [-0.39, 0.29) is 0 Å². The second-order valence-electron chi connectivity index (χ2n) is 5.67. The Hall–Kier alpha value is -1.40. The van der Waals surface area contributed by atoms with Gasteiger partial charge in [-0.05, 0) is 39.3 Å². The Morgan fingerprint density at radius 3 is 2.76 bits per heavy atom. The number of hydrogen-bond acceptors (Lipinski definition) is 6. The lowest BCUT2D eigenvalue weighted by molar-refractivity contribution is 0.178.